The summed E-state index contributed by atoms with van der Waals surface area (Å²) in [5.41, 5.74) is 8.00. The van der Waals surface area contributed by atoms with Crippen LogP contribution in [0.25, 0.3) is 0 Å². The number of carbonyl (C=O) groups is 1. The number of aryl methyl sites for hydroxylation is 1. The van der Waals surface area contributed by atoms with Gasteiger partial charge in [-0.25, -0.2) is 0 Å². The highest BCUT2D eigenvalue weighted by molar-refractivity contribution is 5.83. The first-order valence-corrected chi connectivity index (χ1v) is 9.01. The second-order valence-corrected chi connectivity index (χ2v) is 6.93. The van der Waals surface area contributed by atoms with Gasteiger partial charge in [0.2, 0.25) is 0 Å². The Labute approximate surface area is 149 Å². The van der Waals surface area contributed by atoms with E-state index in [-0.39, 0.29) is 0 Å². The first-order valence-electron chi connectivity index (χ1n) is 9.01. The molecule has 0 amide bonds. The molecular weight excluding hydrogens is 304 g/mol. The second-order valence-electron chi connectivity index (χ2n) is 6.93. The highest BCUT2D eigenvalue weighted by atomic mass is 16.1. The Morgan fingerprint density at radius 1 is 0.640 bits per heavy atom. The van der Waals surface area contributed by atoms with Crippen LogP contribution in [0.3, 0.4) is 0 Å². The van der Waals surface area contributed by atoms with Crippen LogP contribution < -0.4 is 0 Å². The molecule has 0 heterocycles. The lowest BCUT2D eigenvalue weighted by molar-refractivity contribution is -0.118. The lowest BCUT2D eigenvalue weighted by Crippen LogP contribution is -2.15. The number of hydrogen-bond donors (Lipinski definition) is 0. The molecule has 0 saturated heterocycles. The zero-order valence-corrected chi connectivity index (χ0v) is 14.4. The largest absolute Gasteiger partial charge is 0.299 e. The van der Waals surface area contributed by atoms with Crippen LogP contribution in [-0.2, 0) is 30.5 Å². The highest BCUT2D eigenvalue weighted by Gasteiger charge is 2.18. The molecule has 0 spiro atoms. The van der Waals surface area contributed by atoms with Gasteiger partial charge in [0, 0.05) is 12.8 Å². The number of rotatable bonds is 4. The zero-order chi connectivity index (χ0) is 17.1. The van der Waals surface area contributed by atoms with Crippen LogP contribution >= 0.6 is 0 Å². The van der Waals surface area contributed by atoms with Gasteiger partial charge in [0.1, 0.15) is 5.78 Å². The molecule has 0 N–H and O–H groups in total. The summed E-state index contributed by atoms with van der Waals surface area (Å²) < 4.78 is 0. The first-order chi connectivity index (χ1) is 12.3. The summed E-state index contributed by atoms with van der Waals surface area (Å²) >= 11 is 0. The van der Waals surface area contributed by atoms with Crippen LogP contribution in [0.2, 0.25) is 0 Å². The minimum Gasteiger partial charge on any atom is -0.299 e. The molecule has 3 aromatic carbocycles. The van der Waals surface area contributed by atoms with Gasteiger partial charge in [0.15, 0.2) is 0 Å². The van der Waals surface area contributed by atoms with Crippen molar-refractivity contribution >= 4 is 5.78 Å². The molecule has 4 rings (SSSR count). The Bertz CT molecular complexity index is 879. The van der Waals surface area contributed by atoms with E-state index in [0.29, 0.717) is 18.6 Å². The van der Waals surface area contributed by atoms with Gasteiger partial charge >= 0.3 is 0 Å². The van der Waals surface area contributed by atoms with Crippen molar-refractivity contribution in [3.63, 3.8) is 0 Å². The minimum atomic E-state index is 0.369. The van der Waals surface area contributed by atoms with E-state index < -0.39 is 0 Å². The predicted molar refractivity (Wildman–Crippen MR) is 102 cm³/mol. The summed E-state index contributed by atoms with van der Waals surface area (Å²) in [6, 6.07) is 25.9. The molecular formula is C24H22O. The maximum Gasteiger partial charge on any atom is 0.137 e. The van der Waals surface area contributed by atoms with Gasteiger partial charge in [0.25, 0.3) is 0 Å². The minimum absolute atomic E-state index is 0.369. The molecule has 25 heavy (non-hydrogen) atoms. The lowest BCUT2D eigenvalue weighted by Gasteiger charge is -2.20. The summed E-state index contributed by atoms with van der Waals surface area (Å²) in [6.45, 7) is 0. The van der Waals surface area contributed by atoms with E-state index in [1.54, 1.807) is 0 Å². The van der Waals surface area contributed by atoms with Crippen molar-refractivity contribution in [2.45, 2.75) is 32.1 Å². The molecule has 0 aromatic heterocycles. The van der Waals surface area contributed by atoms with Crippen LogP contribution in [0.5, 0.6) is 0 Å². The molecule has 0 aliphatic heterocycles. The van der Waals surface area contributed by atoms with Gasteiger partial charge in [-0.3, -0.25) is 4.79 Å². The number of Topliss-reactive ketones (excluding diaryl/α,β-unsaturated/α-hetero) is 1. The van der Waals surface area contributed by atoms with Crippen molar-refractivity contribution in [2.75, 3.05) is 0 Å². The molecule has 0 bridgehead atoms. The normalized spacial score (nSPS) is 13.5. The van der Waals surface area contributed by atoms with E-state index in [9.17, 15) is 4.79 Å². The Morgan fingerprint density at radius 2 is 1.16 bits per heavy atom. The van der Waals surface area contributed by atoms with Gasteiger partial charge in [0.05, 0.1) is 0 Å². The predicted octanol–water partition coefficient (Wildman–Crippen LogP) is 4.93. The summed E-state index contributed by atoms with van der Waals surface area (Å²) in [6.07, 6.45) is 4.05. The number of hydrogen-bond acceptors (Lipinski definition) is 1. The molecule has 0 fully saturated rings. The Balaban J connectivity index is 1.73. The van der Waals surface area contributed by atoms with Gasteiger partial charge in [-0.05, 0) is 52.6 Å². The van der Waals surface area contributed by atoms with E-state index in [2.05, 4.69) is 72.8 Å². The Hall–Kier alpha value is -2.67. The molecule has 0 unspecified atom stereocenters. The fourth-order valence-electron chi connectivity index (χ4n) is 3.72. The van der Waals surface area contributed by atoms with E-state index in [0.717, 1.165) is 19.3 Å². The number of ketones is 1. The smallest absolute Gasteiger partial charge is 0.137 e. The molecule has 1 aliphatic rings. The molecule has 1 heteroatoms. The SMILES string of the molecule is O=C1CCc2cc(Cc3ccccc3)c(Cc3ccccc3)cc2C1. The van der Waals surface area contributed by atoms with Gasteiger partial charge in [-0.15, -0.1) is 0 Å². The van der Waals surface area contributed by atoms with Crippen LogP contribution in [-0.4, -0.2) is 5.78 Å². The summed E-state index contributed by atoms with van der Waals surface area (Å²) in [5, 5.41) is 0. The second kappa shape index (κ2) is 7.06. The quantitative estimate of drug-likeness (QED) is 0.664. The Morgan fingerprint density at radius 3 is 1.72 bits per heavy atom. The molecule has 0 atom stereocenters. The third-order valence-electron chi connectivity index (χ3n) is 5.06. The fourth-order valence-corrected chi connectivity index (χ4v) is 3.72. The number of fused-ring (bicyclic) bond motifs is 1. The van der Waals surface area contributed by atoms with Crippen LogP contribution in [0.4, 0.5) is 0 Å². The van der Waals surface area contributed by atoms with Crippen molar-refractivity contribution in [3.8, 4) is 0 Å². The maximum atomic E-state index is 11.9. The van der Waals surface area contributed by atoms with Crippen molar-refractivity contribution in [1.82, 2.24) is 0 Å². The molecule has 3 aromatic rings. The zero-order valence-electron chi connectivity index (χ0n) is 14.4. The van der Waals surface area contributed by atoms with E-state index in [1.165, 1.54) is 33.4 Å². The highest BCUT2D eigenvalue weighted by Crippen LogP contribution is 2.27. The summed E-state index contributed by atoms with van der Waals surface area (Å²) in [7, 11) is 0. The summed E-state index contributed by atoms with van der Waals surface area (Å²) in [5.74, 6) is 0.369. The number of benzene rings is 3. The van der Waals surface area contributed by atoms with Crippen LogP contribution in [0.1, 0.15) is 39.8 Å². The molecule has 1 aliphatic carbocycles. The lowest BCUT2D eigenvalue weighted by atomic mass is 9.84. The molecule has 124 valence electrons. The van der Waals surface area contributed by atoms with Crippen molar-refractivity contribution in [2.24, 2.45) is 0 Å². The van der Waals surface area contributed by atoms with E-state index >= 15 is 0 Å². The van der Waals surface area contributed by atoms with E-state index in [4.69, 9.17) is 0 Å². The average molecular weight is 326 g/mol. The van der Waals surface area contributed by atoms with Crippen LogP contribution in [0.15, 0.2) is 72.8 Å². The number of carbonyl (C=O) groups excluding carboxylic acids is 1. The fraction of sp³-hybridized carbons (Fsp3) is 0.208. The molecule has 0 saturated carbocycles. The van der Waals surface area contributed by atoms with Crippen molar-refractivity contribution in [3.05, 3.63) is 106 Å². The van der Waals surface area contributed by atoms with Gasteiger partial charge in [-0.2, -0.15) is 0 Å². The third-order valence-corrected chi connectivity index (χ3v) is 5.06. The molecule has 0 radical (unpaired) electrons. The average Bonchev–Trinajstić information content (AvgIpc) is 2.64. The Kier molecular flexibility index (Phi) is 4.47. The van der Waals surface area contributed by atoms with Crippen molar-refractivity contribution in [1.29, 1.82) is 0 Å². The van der Waals surface area contributed by atoms with Crippen LogP contribution in [0, 0.1) is 0 Å². The first kappa shape index (κ1) is 15.8. The topological polar surface area (TPSA) is 17.1 Å². The standard InChI is InChI=1S/C24H22O/c25-24-12-11-20-15-21(13-18-7-3-1-4-8-18)22(16-23(20)17-24)14-19-9-5-2-6-10-19/h1-10,15-16H,11-14,17H2. The van der Waals surface area contributed by atoms with Crippen molar-refractivity contribution < 1.29 is 4.79 Å². The van der Waals surface area contributed by atoms with Gasteiger partial charge < -0.3 is 0 Å². The maximum absolute atomic E-state index is 11.9. The van der Waals surface area contributed by atoms with Gasteiger partial charge in [-0.1, -0.05) is 72.8 Å². The monoisotopic (exact) mass is 326 g/mol. The molecule has 1 nitrogen and oxygen atoms in total. The van der Waals surface area contributed by atoms with E-state index in [1.807, 2.05) is 0 Å². The summed E-state index contributed by atoms with van der Waals surface area (Å²) in [4.78, 5) is 11.9. The third kappa shape index (κ3) is 3.71.